The zero-order chi connectivity index (χ0) is 26.0. The maximum Gasteiger partial charge on any atom is 0.348 e. The van der Waals surface area contributed by atoms with Gasteiger partial charge in [0.15, 0.2) is 0 Å². The molecule has 0 aliphatic heterocycles. The van der Waals surface area contributed by atoms with E-state index in [9.17, 15) is 4.79 Å². The molecule has 2 heterocycles. The van der Waals surface area contributed by atoms with Crippen LogP contribution in [0.5, 0.6) is 0 Å². The Labute approximate surface area is 224 Å². The largest absolute Gasteiger partial charge is 0.462 e. The highest BCUT2D eigenvalue weighted by molar-refractivity contribution is 7.29. The predicted molar refractivity (Wildman–Crippen MR) is 152 cm³/mol. The number of esters is 1. The highest BCUT2D eigenvalue weighted by atomic mass is 32.1. The number of fused-ring (bicyclic) bond motifs is 1. The molecule has 0 fully saturated rings. The molecule has 0 N–H and O–H groups in total. The molecule has 0 radical (unpaired) electrons. The lowest BCUT2D eigenvalue weighted by Crippen LogP contribution is -2.21. The first kappa shape index (κ1) is 26.6. The van der Waals surface area contributed by atoms with E-state index in [-0.39, 0.29) is 5.97 Å². The molecule has 37 heavy (non-hydrogen) atoms. The van der Waals surface area contributed by atoms with Gasteiger partial charge in [-0.05, 0) is 74.9 Å². The first-order chi connectivity index (χ1) is 18.1. The van der Waals surface area contributed by atoms with E-state index in [4.69, 9.17) is 4.74 Å². The number of carbonyl (C=O) groups is 1. The summed E-state index contributed by atoms with van der Waals surface area (Å²) in [4.78, 5) is 20.3. The monoisotopic (exact) mass is 534 g/mol. The lowest BCUT2D eigenvalue weighted by atomic mass is 10.2. The molecule has 0 amide bonds. The number of rotatable bonds is 12. The van der Waals surface area contributed by atoms with Crippen LogP contribution in [0.4, 0.5) is 27.9 Å². The third-order valence-corrected chi connectivity index (χ3v) is 7.65. The summed E-state index contributed by atoms with van der Waals surface area (Å²) in [6.45, 7) is 8.80. The molecule has 0 saturated heterocycles. The minimum absolute atomic E-state index is 0.289. The summed E-state index contributed by atoms with van der Waals surface area (Å²) in [5, 5.41) is 17.7. The molecule has 0 atom stereocenters. The van der Waals surface area contributed by atoms with Crippen LogP contribution >= 0.6 is 22.7 Å². The van der Waals surface area contributed by atoms with Crippen molar-refractivity contribution in [1.82, 2.24) is 4.98 Å². The number of aromatic nitrogens is 1. The third kappa shape index (κ3) is 7.27. The van der Waals surface area contributed by atoms with E-state index in [1.165, 1.54) is 28.4 Å². The summed E-state index contributed by atoms with van der Waals surface area (Å²) in [7, 11) is 0. The van der Waals surface area contributed by atoms with E-state index in [0.29, 0.717) is 22.3 Å². The Balaban J connectivity index is 1.33. The van der Waals surface area contributed by atoms with Crippen molar-refractivity contribution in [2.45, 2.75) is 40.0 Å². The van der Waals surface area contributed by atoms with Crippen molar-refractivity contribution >= 4 is 66.1 Å². The van der Waals surface area contributed by atoms with E-state index < -0.39 is 0 Å². The van der Waals surface area contributed by atoms with Gasteiger partial charge in [-0.15, -0.1) is 21.6 Å². The Morgan fingerprint density at radius 1 is 0.838 bits per heavy atom. The fourth-order valence-corrected chi connectivity index (χ4v) is 5.50. The standard InChI is InChI=1S/C27H30N6O2S2/c1-4-7-8-17-35-26(34)24-18-23-25(36-24)28-27(37-23)32-31-20-11-9-19(10-12-20)29-30-21-13-15-22(16-14-21)33(5-2)6-3/h9-16,18H,4-8,17H2,1-3H3. The number of hydrogen-bond acceptors (Lipinski definition) is 10. The fourth-order valence-electron chi connectivity index (χ4n) is 3.58. The van der Waals surface area contributed by atoms with E-state index in [2.05, 4.69) is 63.2 Å². The molecule has 8 nitrogen and oxygen atoms in total. The van der Waals surface area contributed by atoms with Crippen LogP contribution in [-0.2, 0) is 4.74 Å². The topological polar surface area (TPSA) is 91.9 Å². The second-order valence-corrected chi connectivity index (χ2v) is 10.3. The molecule has 2 aromatic heterocycles. The van der Waals surface area contributed by atoms with Gasteiger partial charge in [-0.2, -0.15) is 10.2 Å². The normalized spacial score (nSPS) is 11.6. The van der Waals surface area contributed by atoms with Crippen molar-refractivity contribution in [3.8, 4) is 0 Å². The molecule has 4 aromatic rings. The van der Waals surface area contributed by atoms with Crippen molar-refractivity contribution in [1.29, 1.82) is 0 Å². The van der Waals surface area contributed by atoms with E-state index in [1.54, 1.807) is 0 Å². The molecule has 192 valence electrons. The highest BCUT2D eigenvalue weighted by Gasteiger charge is 2.15. The van der Waals surface area contributed by atoms with Crippen LogP contribution < -0.4 is 4.90 Å². The zero-order valence-corrected chi connectivity index (χ0v) is 22.9. The third-order valence-electron chi connectivity index (χ3n) is 5.62. The average Bonchev–Trinajstić information content (AvgIpc) is 3.50. The number of azo groups is 2. The lowest BCUT2D eigenvalue weighted by Gasteiger charge is -2.20. The average molecular weight is 535 g/mol. The second-order valence-electron chi connectivity index (χ2n) is 8.22. The van der Waals surface area contributed by atoms with Crippen LogP contribution in [0.1, 0.15) is 49.7 Å². The number of anilines is 1. The number of ether oxygens (including phenoxy) is 1. The first-order valence-corrected chi connectivity index (χ1v) is 14.1. The van der Waals surface area contributed by atoms with Gasteiger partial charge in [-0.3, -0.25) is 0 Å². The fraction of sp³-hybridized carbons (Fsp3) is 0.333. The van der Waals surface area contributed by atoms with Crippen LogP contribution in [-0.4, -0.2) is 30.6 Å². The molecule has 0 spiro atoms. The van der Waals surface area contributed by atoms with Crippen molar-refractivity contribution < 1.29 is 9.53 Å². The van der Waals surface area contributed by atoms with E-state index in [1.807, 2.05) is 42.5 Å². The molecular formula is C27H30N6O2S2. The number of nitrogens with zero attached hydrogens (tertiary/aromatic N) is 6. The highest BCUT2D eigenvalue weighted by Crippen LogP contribution is 2.35. The minimum Gasteiger partial charge on any atom is -0.462 e. The smallest absolute Gasteiger partial charge is 0.348 e. The number of thiazole rings is 1. The molecule has 0 unspecified atom stereocenters. The second kappa shape index (κ2) is 13.2. The number of unbranched alkanes of at least 4 members (excludes halogenated alkanes) is 2. The summed E-state index contributed by atoms with van der Waals surface area (Å²) in [6.07, 6.45) is 3.04. The predicted octanol–water partition coefficient (Wildman–Crippen LogP) is 9.38. The zero-order valence-electron chi connectivity index (χ0n) is 21.3. The molecule has 4 rings (SSSR count). The van der Waals surface area contributed by atoms with Gasteiger partial charge in [0.2, 0.25) is 5.13 Å². The van der Waals surface area contributed by atoms with Crippen LogP contribution in [0.15, 0.2) is 75.1 Å². The summed E-state index contributed by atoms with van der Waals surface area (Å²) < 4.78 is 6.23. The van der Waals surface area contributed by atoms with Crippen LogP contribution in [0.3, 0.4) is 0 Å². The van der Waals surface area contributed by atoms with E-state index in [0.717, 1.165) is 53.3 Å². The first-order valence-electron chi connectivity index (χ1n) is 12.5. The van der Waals surface area contributed by atoms with Crippen molar-refractivity contribution in [3.63, 3.8) is 0 Å². The minimum atomic E-state index is -0.289. The molecule has 0 saturated carbocycles. The Morgan fingerprint density at radius 3 is 2.00 bits per heavy atom. The van der Waals surface area contributed by atoms with Gasteiger partial charge in [0.05, 0.1) is 28.4 Å². The molecular weight excluding hydrogens is 504 g/mol. The maximum atomic E-state index is 12.2. The summed E-state index contributed by atoms with van der Waals surface area (Å²) >= 11 is 2.72. The quantitative estimate of drug-likeness (QED) is 0.103. The van der Waals surface area contributed by atoms with Gasteiger partial charge in [0.1, 0.15) is 9.71 Å². The molecule has 10 heteroatoms. The molecule has 0 aliphatic carbocycles. The number of benzene rings is 2. The van der Waals surface area contributed by atoms with Crippen molar-refractivity contribution in [2.24, 2.45) is 20.5 Å². The number of hydrogen-bond donors (Lipinski definition) is 0. The van der Waals surface area contributed by atoms with Gasteiger partial charge >= 0.3 is 5.97 Å². The van der Waals surface area contributed by atoms with Gasteiger partial charge in [0, 0.05) is 18.8 Å². The Morgan fingerprint density at radius 2 is 1.43 bits per heavy atom. The SMILES string of the molecule is CCCCCOC(=O)c1cc2sc(N=Nc3ccc(N=Nc4ccc(N(CC)CC)cc4)cc3)nc2s1. The summed E-state index contributed by atoms with van der Waals surface area (Å²) in [6, 6.07) is 17.3. The van der Waals surface area contributed by atoms with Crippen molar-refractivity contribution in [2.75, 3.05) is 24.6 Å². The van der Waals surface area contributed by atoms with E-state index >= 15 is 0 Å². The molecule has 2 aromatic carbocycles. The maximum absolute atomic E-state index is 12.2. The van der Waals surface area contributed by atoms with Gasteiger partial charge < -0.3 is 9.64 Å². The van der Waals surface area contributed by atoms with Gasteiger partial charge in [0.25, 0.3) is 0 Å². The van der Waals surface area contributed by atoms with Crippen molar-refractivity contribution in [3.05, 3.63) is 59.5 Å². The lowest BCUT2D eigenvalue weighted by molar-refractivity contribution is 0.0504. The Hall–Kier alpha value is -3.50. The summed E-state index contributed by atoms with van der Waals surface area (Å²) in [5.74, 6) is -0.289. The number of thiophene rings is 1. The molecule has 0 bridgehead atoms. The Bertz CT molecular complexity index is 1320. The number of carbonyl (C=O) groups excluding carboxylic acids is 1. The van der Waals surface area contributed by atoms with Crippen LogP contribution in [0.2, 0.25) is 0 Å². The van der Waals surface area contributed by atoms with Crippen LogP contribution in [0, 0.1) is 0 Å². The Kier molecular flexibility index (Phi) is 9.45. The molecule has 0 aliphatic rings. The van der Waals surface area contributed by atoms with Crippen LogP contribution in [0.25, 0.3) is 9.53 Å². The summed E-state index contributed by atoms with van der Waals surface area (Å²) in [5.41, 5.74) is 3.41. The van der Waals surface area contributed by atoms with Gasteiger partial charge in [-0.1, -0.05) is 31.1 Å². The van der Waals surface area contributed by atoms with Gasteiger partial charge in [-0.25, -0.2) is 9.78 Å².